The topological polar surface area (TPSA) is 17.1 Å². The van der Waals surface area contributed by atoms with Gasteiger partial charge in [0.25, 0.3) is 0 Å². The quantitative estimate of drug-likeness (QED) is 0.523. The van der Waals surface area contributed by atoms with Gasteiger partial charge in [0.05, 0.1) is 0 Å². The van der Waals surface area contributed by atoms with Gasteiger partial charge in [0, 0.05) is 11.0 Å². The van der Waals surface area contributed by atoms with Gasteiger partial charge in [-0.05, 0) is 12.8 Å². The Bertz CT molecular complexity index is 340. The molecule has 0 saturated heterocycles. The van der Waals surface area contributed by atoms with Crippen LogP contribution in [-0.4, -0.2) is 5.78 Å². The van der Waals surface area contributed by atoms with Crippen molar-refractivity contribution in [2.75, 3.05) is 0 Å². The number of hydrogen-bond acceptors (Lipinski definition) is 1. The summed E-state index contributed by atoms with van der Waals surface area (Å²) >= 11 is 0. The van der Waals surface area contributed by atoms with Gasteiger partial charge in [-0.2, -0.15) is 0 Å². The maximum Gasteiger partial charge on any atom is 0.169 e. The lowest BCUT2D eigenvalue weighted by Crippen LogP contribution is -2.26. The van der Waals surface area contributed by atoms with Crippen LogP contribution >= 0.6 is 0 Å². The van der Waals surface area contributed by atoms with Gasteiger partial charge < -0.3 is 0 Å². The van der Waals surface area contributed by atoms with Crippen molar-refractivity contribution in [3.63, 3.8) is 0 Å². The van der Waals surface area contributed by atoms with Gasteiger partial charge in [0.1, 0.15) is 0 Å². The fraction of sp³-hybridized carbons (Fsp3) is 0.357. The summed E-state index contributed by atoms with van der Waals surface area (Å²) in [5, 5.41) is 0. The first-order chi connectivity index (χ1) is 7.14. The lowest BCUT2D eigenvalue weighted by Gasteiger charge is -2.25. The molecule has 0 saturated carbocycles. The average Bonchev–Trinajstić information content (AvgIpc) is 2.29. The van der Waals surface area contributed by atoms with Crippen molar-refractivity contribution in [1.29, 1.82) is 0 Å². The van der Waals surface area contributed by atoms with Crippen LogP contribution < -0.4 is 0 Å². The van der Waals surface area contributed by atoms with E-state index in [1.165, 1.54) is 0 Å². The summed E-state index contributed by atoms with van der Waals surface area (Å²) in [6.07, 6.45) is 3.40. The molecule has 0 bridgehead atoms. The van der Waals surface area contributed by atoms with Gasteiger partial charge in [-0.25, -0.2) is 0 Å². The summed E-state index contributed by atoms with van der Waals surface area (Å²) in [6, 6.07) is 9.47. The Labute approximate surface area is 91.8 Å². The van der Waals surface area contributed by atoms with E-state index in [1.807, 2.05) is 50.3 Å². The molecule has 1 nitrogen and oxygen atoms in total. The molecule has 0 aromatic heterocycles. The van der Waals surface area contributed by atoms with Crippen molar-refractivity contribution >= 4 is 5.78 Å². The standard InChI is InChI=1S/C14H18O/c1-4-11-14(3,5-2)13(15)12-9-7-6-8-10-12/h4,6-10H,1,5,11H2,2-3H3. The summed E-state index contributed by atoms with van der Waals surface area (Å²) in [5.74, 6) is 0.213. The van der Waals surface area contributed by atoms with Crippen molar-refractivity contribution in [3.05, 3.63) is 48.6 Å². The molecule has 1 aromatic rings. The molecule has 1 heteroatoms. The van der Waals surface area contributed by atoms with E-state index in [9.17, 15) is 4.79 Å². The van der Waals surface area contributed by atoms with Crippen molar-refractivity contribution < 1.29 is 4.79 Å². The SMILES string of the molecule is C=CCC(C)(CC)C(=O)c1ccccc1. The highest BCUT2D eigenvalue weighted by Crippen LogP contribution is 2.30. The number of allylic oxidation sites excluding steroid dienone is 1. The van der Waals surface area contributed by atoms with Crippen molar-refractivity contribution in [3.8, 4) is 0 Å². The molecule has 0 N–H and O–H groups in total. The van der Waals surface area contributed by atoms with Crippen molar-refractivity contribution in [2.24, 2.45) is 5.41 Å². The van der Waals surface area contributed by atoms with E-state index in [0.717, 1.165) is 18.4 Å². The zero-order valence-corrected chi connectivity index (χ0v) is 9.49. The van der Waals surface area contributed by atoms with E-state index in [0.29, 0.717) is 0 Å². The van der Waals surface area contributed by atoms with Gasteiger partial charge >= 0.3 is 0 Å². The average molecular weight is 202 g/mol. The summed E-state index contributed by atoms with van der Waals surface area (Å²) in [6.45, 7) is 7.77. The molecule has 1 atom stereocenters. The van der Waals surface area contributed by atoms with Crippen LogP contribution in [-0.2, 0) is 0 Å². The Balaban J connectivity index is 2.96. The number of hydrogen-bond donors (Lipinski definition) is 0. The Hall–Kier alpha value is -1.37. The monoisotopic (exact) mass is 202 g/mol. The first-order valence-electron chi connectivity index (χ1n) is 5.35. The van der Waals surface area contributed by atoms with E-state index in [4.69, 9.17) is 0 Å². The molecule has 0 aliphatic heterocycles. The third-order valence-corrected chi connectivity index (χ3v) is 2.96. The lowest BCUT2D eigenvalue weighted by atomic mass is 9.77. The maximum atomic E-state index is 12.2. The van der Waals surface area contributed by atoms with Gasteiger partial charge in [-0.1, -0.05) is 50.3 Å². The molecular weight excluding hydrogens is 184 g/mol. The Morgan fingerprint density at radius 2 is 2.00 bits per heavy atom. The molecule has 0 aliphatic carbocycles. The predicted octanol–water partition coefficient (Wildman–Crippen LogP) is 3.86. The zero-order valence-electron chi connectivity index (χ0n) is 9.49. The minimum atomic E-state index is -0.302. The van der Waals surface area contributed by atoms with Gasteiger partial charge in [0.15, 0.2) is 5.78 Å². The van der Waals surface area contributed by atoms with E-state index >= 15 is 0 Å². The molecule has 0 heterocycles. The van der Waals surface area contributed by atoms with E-state index in [2.05, 4.69) is 6.58 Å². The smallest absolute Gasteiger partial charge is 0.169 e. The second-order valence-corrected chi connectivity index (χ2v) is 4.10. The second kappa shape index (κ2) is 4.92. The van der Waals surface area contributed by atoms with Crippen LogP contribution in [0.25, 0.3) is 0 Å². The maximum absolute atomic E-state index is 12.2. The molecule has 80 valence electrons. The van der Waals surface area contributed by atoms with Crippen LogP contribution in [0.2, 0.25) is 0 Å². The number of carbonyl (C=O) groups excluding carboxylic acids is 1. The molecule has 15 heavy (non-hydrogen) atoms. The minimum Gasteiger partial charge on any atom is -0.294 e. The van der Waals surface area contributed by atoms with Crippen LogP contribution in [0.3, 0.4) is 0 Å². The fourth-order valence-electron chi connectivity index (χ4n) is 1.65. The third-order valence-electron chi connectivity index (χ3n) is 2.96. The number of carbonyl (C=O) groups is 1. The Kier molecular flexibility index (Phi) is 3.84. The lowest BCUT2D eigenvalue weighted by molar-refractivity contribution is 0.0812. The van der Waals surface area contributed by atoms with Crippen LogP contribution in [0.1, 0.15) is 37.0 Å². The number of Topliss-reactive ketones (excluding diaryl/α,β-unsaturated/α-hetero) is 1. The summed E-state index contributed by atoms with van der Waals surface area (Å²) in [4.78, 5) is 12.2. The molecular formula is C14H18O. The minimum absolute atomic E-state index is 0.213. The molecule has 0 amide bonds. The molecule has 0 fully saturated rings. The predicted molar refractivity (Wildman–Crippen MR) is 64.0 cm³/mol. The Morgan fingerprint density at radius 3 is 2.47 bits per heavy atom. The highest BCUT2D eigenvalue weighted by atomic mass is 16.1. The van der Waals surface area contributed by atoms with Gasteiger partial charge in [-0.3, -0.25) is 4.79 Å². The Morgan fingerprint density at radius 1 is 1.40 bits per heavy atom. The van der Waals surface area contributed by atoms with Crippen LogP contribution in [0.15, 0.2) is 43.0 Å². The number of ketones is 1. The fourth-order valence-corrected chi connectivity index (χ4v) is 1.65. The first kappa shape index (κ1) is 11.7. The molecule has 1 aromatic carbocycles. The van der Waals surface area contributed by atoms with E-state index in [1.54, 1.807) is 0 Å². The number of rotatable bonds is 5. The first-order valence-corrected chi connectivity index (χ1v) is 5.35. The summed E-state index contributed by atoms with van der Waals surface area (Å²) in [5.41, 5.74) is 0.493. The van der Waals surface area contributed by atoms with Gasteiger partial charge in [0.2, 0.25) is 0 Å². The van der Waals surface area contributed by atoms with E-state index in [-0.39, 0.29) is 11.2 Å². The largest absolute Gasteiger partial charge is 0.294 e. The zero-order chi connectivity index (χ0) is 11.3. The van der Waals surface area contributed by atoms with Crippen LogP contribution in [0.5, 0.6) is 0 Å². The van der Waals surface area contributed by atoms with Crippen molar-refractivity contribution in [2.45, 2.75) is 26.7 Å². The summed E-state index contributed by atoms with van der Waals surface area (Å²) < 4.78 is 0. The van der Waals surface area contributed by atoms with Crippen LogP contribution in [0, 0.1) is 5.41 Å². The highest BCUT2D eigenvalue weighted by Gasteiger charge is 2.30. The van der Waals surface area contributed by atoms with Crippen LogP contribution in [0.4, 0.5) is 0 Å². The van der Waals surface area contributed by atoms with Gasteiger partial charge in [-0.15, -0.1) is 6.58 Å². The molecule has 0 radical (unpaired) electrons. The van der Waals surface area contributed by atoms with Crippen molar-refractivity contribution in [1.82, 2.24) is 0 Å². The van der Waals surface area contributed by atoms with E-state index < -0.39 is 0 Å². The summed E-state index contributed by atoms with van der Waals surface area (Å²) in [7, 11) is 0. The third kappa shape index (κ3) is 2.56. The second-order valence-electron chi connectivity index (χ2n) is 4.10. The molecule has 0 spiro atoms. The highest BCUT2D eigenvalue weighted by molar-refractivity contribution is 6.00. The molecule has 1 unspecified atom stereocenters. The molecule has 0 aliphatic rings. The molecule has 1 rings (SSSR count). The number of benzene rings is 1. The normalized spacial score (nSPS) is 14.3.